The van der Waals surface area contributed by atoms with Gasteiger partial charge in [0.2, 0.25) is 0 Å². The summed E-state index contributed by atoms with van der Waals surface area (Å²) in [6.07, 6.45) is 12.5. The molecule has 0 spiro atoms. The van der Waals surface area contributed by atoms with Crippen LogP contribution in [0.2, 0.25) is 0 Å². The fraction of sp³-hybridized carbons (Fsp3) is 0.571. The Hall–Kier alpha value is -1.77. The van der Waals surface area contributed by atoms with Crippen molar-refractivity contribution in [1.82, 2.24) is 9.72 Å². The number of nitrogens with zero attached hydrogens (tertiary/aromatic N) is 1. The summed E-state index contributed by atoms with van der Waals surface area (Å²) in [5, 5.41) is 3.31. The zero-order chi connectivity index (χ0) is 16.3. The summed E-state index contributed by atoms with van der Waals surface area (Å²) in [7, 11) is 0. The summed E-state index contributed by atoms with van der Waals surface area (Å²) in [5.74, 6) is 2.90. The molecular formula is C21H26N2O. The first-order chi connectivity index (χ1) is 11.6. The number of nitrogens with one attached hydrogen (secondary N) is 1. The highest BCUT2D eigenvalue weighted by Crippen LogP contribution is 2.59. The van der Waals surface area contributed by atoms with Gasteiger partial charge in [-0.05, 0) is 92.4 Å². The molecule has 4 fully saturated rings. The Labute approximate surface area is 143 Å². The Morgan fingerprint density at radius 1 is 1.21 bits per heavy atom. The van der Waals surface area contributed by atoms with Gasteiger partial charge >= 0.3 is 0 Å². The van der Waals surface area contributed by atoms with E-state index in [4.69, 9.17) is 0 Å². The summed E-state index contributed by atoms with van der Waals surface area (Å²) in [5.41, 5.74) is 3.40. The minimum Gasteiger partial charge on any atom is -0.351 e. The van der Waals surface area contributed by atoms with Crippen LogP contribution in [0.1, 0.15) is 54.4 Å². The Bertz CT molecular complexity index is 768. The Balaban J connectivity index is 1.35. The van der Waals surface area contributed by atoms with Crippen molar-refractivity contribution in [2.75, 3.05) is 6.54 Å². The molecule has 4 bridgehead atoms. The first kappa shape index (κ1) is 14.6. The Morgan fingerprint density at radius 3 is 2.54 bits per heavy atom. The number of fused-ring (bicyclic) bond motifs is 1. The van der Waals surface area contributed by atoms with Crippen molar-refractivity contribution >= 4 is 11.4 Å². The highest BCUT2D eigenvalue weighted by molar-refractivity contribution is 6.00. The number of carbonyl (C=O) groups excluding carboxylic acids is 1. The third-order valence-electron chi connectivity index (χ3n) is 6.80. The van der Waals surface area contributed by atoms with Crippen molar-refractivity contribution in [2.24, 2.45) is 23.2 Å². The zero-order valence-corrected chi connectivity index (χ0v) is 14.4. The van der Waals surface area contributed by atoms with Crippen molar-refractivity contribution in [3.63, 3.8) is 0 Å². The molecule has 0 aliphatic heterocycles. The fourth-order valence-corrected chi connectivity index (χ4v) is 6.34. The lowest BCUT2D eigenvalue weighted by Crippen LogP contribution is -2.51. The van der Waals surface area contributed by atoms with E-state index in [9.17, 15) is 4.79 Å². The predicted molar refractivity (Wildman–Crippen MR) is 95.1 cm³/mol. The molecule has 0 unspecified atom stereocenters. The van der Waals surface area contributed by atoms with Crippen LogP contribution in [0.3, 0.4) is 0 Å². The molecule has 2 aromatic rings. The van der Waals surface area contributed by atoms with Gasteiger partial charge in [-0.2, -0.15) is 0 Å². The first-order valence-electron chi connectivity index (χ1n) is 9.46. The standard InChI is InChI=1S/C21H26N2O/c1-14-5-19-18(3-2-4-23(19)12-14)20(24)22-13-21-9-15-6-16(10-21)8-17(7-15)11-21/h2-5,12,15-17H,6-11,13H2,1H3,(H,22,24). The van der Waals surface area contributed by atoms with Crippen LogP contribution < -0.4 is 5.32 Å². The minimum absolute atomic E-state index is 0.0921. The smallest absolute Gasteiger partial charge is 0.253 e. The summed E-state index contributed by atoms with van der Waals surface area (Å²) >= 11 is 0. The Kier molecular flexibility index (Phi) is 3.10. The van der Waals surface area contributed by atoms with E-state index < -0.39 is 0 Å². The summed E-state index contributed by atoms with van der Waals surface area (Å²) in [6, 6.07) is 6.01. The van der Waals surface area contributed by atoms with Crippen molar-refractivity contribution in [1.29, 1.82) is 0 Å². The third kappa shape index (κ3) is 2.28. The van der Waals surface area contributed by atoms with Crippen molar-refractivity contribution < 1.29 is 4.79 Å². The third-order valence-corrected chi connectivity index (χ3v) is 6.80. The molecule has 3 heteroatoms. The van der Waals surface area contributed by atoms with Crippen LogP contribution >= 0.6 is 0 Å². The second kappa shape index (κ2) is 5.11. The van der Waals surface area contributed by atoms with Crippen LogP contribution in [0.15, 0.2) is 30.6 Å². The zero-order valence-electron chi connectivity index (χ0n) is 14.4. The van der Waals surface area contributed by atoms with Gasteiger partial charge in [0.05, 0.1) is 11.1 Å². The van der Waals surface area contributed by atoms with E-state index in [-0.39, 0.29) is 5.91 Å². The maximum Gasteiger partial charge on any atom is 0.253 e. The van der Waals surface area contributed by atoms with E-state index in [0.29, 0.717) is 5.41 Å². The predicted octanol–water partition coefficient (Wildman–Crippen LogP) is 4.19. The molecule has 4 aliphatic carbocycles. The molecule has 126 valence electrons. The van der Waals surface area contributed by atoms with E-state index in [1.807, 2.05) is 18.3 Å². The van der Waals surface area contributed by atoms with E-state index in [1.165, 1.54) is 44.1 Å². The summed E-state index contributed by atoms with van der Waals surface area (Å²) < 4.78 is 2.05. The van der Waals surface area contributed by atoms with Gasteiger partial charge in [0.1, 0.15) is 0 Å². The quantitative estimate of drug-likeness (QED) is 0.903. The Morgan fingerprint density at radius 2 is 1.88 bits per heavy atom. The number of aromatic nitrogens is 1. The van der Waals surface area contributed by atoms with Crippen LogP contribution in [0.5, 0.6) is 0 Å². The highest BCUT2D eigenvalue weighted by atomic mass is 16.1. The van der Waals surface area contributed by atoms with Crippen LogP contribution in [0, 0.1) is 30.1 Å². The van der Waals surface area contributed by atoms with Gasteiger partial charge in [0, 0.05) is 18.9 Å². The number of hydrogen-bond acceptors (Lipinski definition) is 1. The van der Waals surface area contributed by atoms with Crippen LogP contribution in [-0.2, 0) is 0 Å². The van der Waals surface area contributed by atoms with Crippen molar-refractivity contribution in [3.8, 4) is 0 Å². The minimum atomic E-state index is 0.0921. The molecule has 3 nitrogen and oxygen atoms in total. The monoisotopic (exact) mass is 322 g/mol. The van der Waals surface area contributed by atoms with Gasteiger partial charge in [-0.15, -0.1) is 0 Å². The molecule has 1 amide bonds. The maximum absolute atomic E-state index is 12.8. The molecule has 4 aliphatic rings. The van der Waals surface area contributed by atoms with E-state index in [2.05, 4.69) is 28.9 Å². The molecule has 6 rings (SSSR count). The fourth-order valence-electron chi connectivity index (χ4n) is 6.34. The van der Waals surface area contributed by atoms with Gasteiger partial charge in [0.15, 0.2) is 0 Å². The van der Waals surface area contributed by atoms with Crippen LogP contribution in [0.4, 0.5) is 0 Å². The number of hydrogen-bond donors (Lipinski definition) is 1. The maximum atomic E-state index is 12.8. The molecule has 1 N–H and O–H groups in total. The molecule has 0 atom stereocenters. The second-order valence-corrected chi connectivity index (χ2v) is 8.83. The number of aryl methyl sites for hydroxylation is 1. The van der Waals surface area contributed by atoms with Gasteiger partial charge in [-0.25, -0.2) is 0 Å². The molecular weight excluding hydrogens is 296 g/mol. The van der Waals surface area contributed by atoms with Crippen LogP contribution in [0.25, 0.3) is 5.52 Å². The average molecular weight is 322 g/mol. The average Bonchev–Trinajstić information content (AvgIpc) is 2.91. The highest BCUT2D eigenvalue weighted by Gasteiger charge is 2.50. The molecule has 2 heterocycles. The van der Waals surface area contributed by atoms with E-state index in [0.717, 1.165) is 35.4 Å². The number of rotatable bonds is 3. The van der Waals surface area contributed by atoms with E-state index >= 15 is 0 Å². The molecule has 4 saturated carbocycles. The molecule has 0 radical (unpaired) electrons. The second-order valence-electron chi connectivity index (χ2n) is 8.83. The normalized spacial score (nSPS) is 34.0. The van der Waals surface area contributed by atoms with Crippen molar-refractivity contribution in [3.05, 3.63) is 41.7 Å². The lowest BCUT2D eigenvalue weighted by molar-refractivity contribution is -0.0503. The van der Waals surface area contributed by atoms with Gasteiger partial charge in [0.25, 0.3) is 5.91 Å². The summed E-state index contributed by atoms with van der Waals surface area (Å²) in [6.45, 7) is 2.94. The molecule has 0 saturated heterocycles. The number of carbonyl (C=O) groups is 1. The lowest BCUT2D eigenvalue weighted by Gasteiger charge is -2.56. The van der Waals surface area contributed by atoms with Gasteiger partial charge < -0.3 is 9.72 Å². The van der Waals surface area contributed by atoms with E-state index in [1.54, 1.807) is 0 Å². The molecule has 0 aromatic carbocycles. The number of pyridine rings is 1. The number of amides is 1. The lowest BCUT2D eigenvalue weighted by atomic mass is 9.49. The molecule has 24 heavy (non-hydrogen) atoms. The van der Waals surface area contributed by atoms with Gasteiger partial charge in [-0.1, -0.05) is 0 Å². The van der Waals surface area contributed by atoms with Crippen molar-refractivity contribution in [2.45, 2.75) is 45.4 Å². The topological polar surface area (TPSA) is 33.5 Å². The van der Waals surface area contributed by atoms with Crippen LogP contribution in [-0.4, -0.2) is 16.9 Å². The summed E-state index contributed by atoms with van der Waals surface area (Å²) in [4.78, 5) is 12.8. The SMILES string of the molecule is Cc1cc2c(C(=O)NCC34CC5CC(CC(C5)C3)C4)cccn2c1. The largest absolute Gasteiger partial charge is 0.351 e. The molecule has 2 aromatic heterocycles. The van der Waals surface area contributed by atoms with Gasteiger partial charge in [-0.3, -0.25) is 4.79 Å². The first-order valence-corrected chi connectivity index (χ1v) is 9.46.